The quantitative estimate of drug-likeness (QED) is 0.774. The van der Waals surface area contributed by atoms with Gasteiger partial charge in [-0.05, 0) is 37.8 Å². The highest BCUT2D eigenvalue weighted by molar-refractivity contribution is 5.84. The van der Waals surface area contributed by atoms with Crippen molar-refractivity contribution < 1.29 is 14.7 Å². The van der Waals surface area contributed by atoms with E-state index in [1.165, 1.54) is 0 Å². The van der Waals surface area contributed by atoms with Crippen molar-refractivity contribution in [1.29, 1.82) is 0 Å². The summed E-state index contributed by atoms with van der Waals surface area (Å²) >= 11 is 0. The zero-order valence-electron chi connectivity index (χ0n) is 10.9. The molecule has 0 aromatic rings. The van der Waals surface area contributed by atoms with Crippen LogP contribution in [0.25, 0.3) is 0 Å². The van der Waals surface area contributed by atoms with Crippen molar-refractivity contribution in [3.05, 3.63) is 0 Å². The third kappa shape index (κ3) is 2.83. The van der Waals surface area contributed by atoms with Gasteiger partial charge < -0.3 is 15.3 Å². The van der Waals surface area contributed by atoms with Gasteiger partial charge in [0.05, 0.1) is 0 Å². The van der Waals surface area contributed by atoms with Crippen molar-refractivity contribution in [2.45, 2.75) is 38.6 Å². The highest BCUT2D eigenvalue weighted by Gasteiger charge is 2.36. The first-order valence-electron chi connectivity index (χ1n) is 6.84. The first kappa shape index (κ1) is 13.3. The van der Waals surface area contributed by atoms with Gasteiger partial charge in [-0.3, -0.25) is 4.79 Å². The highest BCUT2D eigenvalue weighted by Crippen LogP contribution is 2.27. The fourth-order valence-corrected chi connectivity index (χ4v) is 2.80. The molecule has 2 aliphatic heterocycles. The van der Waals surface area contributed by atoms with Gasteiger partial charge in [0, 0.05) is 13.0 Å². The molecule has 0 bridgehead atoms. The van der Waals surface area contributed by atoms with E-state index in [4.69, 9.17) is 0 Å². The second-order valence-corrected chi connectivity index (χ2v) is 5.47. The fourth-order valence-electron chi connectivity index (χ4n) is 2.80. The monoisotopic (exact) mass is 254 g/mol. The van der Waals surface area contributed by atoms with Crippen LogP contribution in [-0.4, -0.2) is 47.6 Å². The lowest BCUT2D eigenvalue weighted by atomic mass is 9.88. The molecule has 0 aromatic carbocycles. The Kier molecular flexibility index (Phi) is 4.22. The predicted octanol–water partition coefficient (Wildman–Crippen LogP) is 0.698. The molecule has 0 radical (unpaired) electrons. The Bertz CT molecular complexity index is 328. The Hall–Kier alpha value is -1.10. The van der Waals surface area contributed by atoms with E-state index in [0.29, 0.717) is 31.2 Å². The third-order valence-electron chi connectivity index (χ3n) is 4.22. The van der Waals surface area contributed by atoms with Crippen LogP contribution >= 0.6 is 0 Å². The molecule has 0 aromatic heterocycles. The number of hydrogen-bond donors (Lipinski definition) is 2. The maximum absolute atomic E-state index is 12.1. The minimum Gasteiger partial charge on any atom is -0.480 e. The summed E-state index contributed by atoms with van der Waals surface area (Å²) < 4.78 is 0. The molecular weight excluding hydrogens is 232 g/mol. The van der Waals surface area contributed by atoms with Crippen molar-refractivity contribution >= 4 is 11.9 Å². The largest absolute Gasteiger partial charge is 0.480 e. The zero-order chi connectivity index (χ0) is 13.1. The van der Waals surface area contributed by atoms with Crippen LogP contribution in [0.4, 0.5) is 0 Å². The number of aliphatic carboxylic acids is 1. The van der Waals surface area contributed by atoms with Gasteiger partial charge in [0.25, 0.3) is 0 Å². The summed E-state index contributed by atoms with van der Waals surface area (Å²) in [7, 11) is 0. The number of nitrogens with one attached hydrogen (secondary N) is 1. The first-order chi connectivity index (χ1) is 8.61. The van der Waals surface area contributed by atoms with Crippen LogP contribution in [0.3, 0.4) is 0 Å². The van der Waals surface area contributed by atoms with Crippen molar-refractivity contribution in [3.8, 4) is 0 Å². The van der Waals surface area contributed by atoms with Crippen LogP contribution in [0.15, 0.2) is 0 Å². The van der Waals surface area contributed by atoms with Crippen molar-refractivity contribution in [2.24, 2.45) is 11.8 Å². The summed E-state index contributed by atoms with van der Waals surface area (Å²) in [6, 6.07) is -0.607. The van der Waals surface area contributed by atoms with E-state index in [1.807, 2.05) is 0 Å². The van der Waals surface area contributed by atoms with Crippen LogP contribution < -0.4 is 5.32 Å². The van der Waals surface area contributed by atoms with Gasteiger partial charge in [0.15, 0.2) is 0 Å². The number of piperidine rings is 1. The van der Waals surface area contributed by atoms with Gasteiger partial charge >= 0.3 is 5.97 Å². The van der Waals surface area contributed by atoms with Crippen molar-refractivity contribution in [1.82, 2.24) is 10.2 Å². The molecule has 1 amide bonds. The zero-order valence-corrected chi connectivity index (χ0v) is 10.9. The summed E-state index contributed by atoms with van der Waals surface area (Å²) in [5.74, 6) is 0.00745. The van der Waals surface area contributed by atoms with Gasteiger partial charge in [-0.25, -0.2) is 4.79 Å². The Morgan fingerprint density at radius 1 is 1.33 bits per heavy atom. The van der Waals surface area contributed by atoms with E-state index in [9.17, 15) is 14.7 Å². The van der Waals surface area contributed by atoms with Crippen LogP contribution in [0.5, 0.6) is 0 Å². The maximum atomic E-state index is 12.1. The van der Waals surface area contributed by atoms with Gasteiger partial charge in [0.2, 0.25) is 5.91 Å². The van der Waals surface area contributed by atoms with Crippen LogP contribution in [0.2, 0.25) is 0 Å². The van der Waals surface area contributed by atoms with Crippen LogP contribution in [-0.2, 0) is 9.59 Å². The molecule has 2 heterocycles. The maximum Gasteiger partial charge on any atom is 0.326 e. The summed E-state index contributed by atoms with van der Waals surface area (Å²) in [6.07, 6.45) is 3.04. The first-order valence-corrected chi connectivity index (χ1v) is 6.84. The molecule has 0 saturated carbocycles. The number of amides is 1. The molecule has 5 nitrogen and oxygen atoms in total. The summed E-state index contributed by atoms with van der Waals surface area (Å²) in [5, 5.41) is 12.4. The number of likely N-dealkylation sites (tertiary alicyclic amines) is 1. The molecule has 0 spiro atoms. The number of carboxylic acids is 1. The lowest BCUT2D eigenvalue weighted by Crippen LogP contribution is -2.52. The second kappa shape index (κ2) is 5.69. The Balaban J connectivity index is 1.95. The molecule has 2 rings (SSSR count). The number of nitrogens with zero attached hydrogens (tertiary/aromatic N) is 1. The van der Waals surface area contributed by atoms with E-state index >= 15 is 0 Å². The number of carbonyl (C=O) groups excluding carboxylic acids is 1. The van der Waals surface area contributed by atoms with Crippen molar-refractivity contribution in [2.75, 3.05) is 19.6 Å². The molecule has 2 unspecified atom stereocenters. The van der Waals surface area contributed by atoms with Gasteiger partial charge in [-0.2, -0.15) is 0 Å². The molecule has 2 saturated heterocycles. The lowest BCUT2D eigenvalue weighted by Gasteiger charge is -2.38. The smallest absolute Gasteiger partial charge is 0.326 e. The second-order valence-electron chi connectivity index (χ2n) is 5.47. The van der Waals surface area contributed by atoms with E-state index in [2.05, 4.69) is 12.2 Å². The third-order valence-corrected chi connectivity index (χ3v) is 4.22. The molecule has 0 aliphatic carbocycles. The molecular formula is C13H22N2O3. The Morgan fingerprint density at radius 3 is 2.56 bits per heavy atom. The summed E-state index contributed by atoms with van der Waals surface area (Å²) in [4.78, 5) is 25.0. The molecule has 2 N–H and O–H groups in total. The molecule has 5 heteroatoms. The van der Waals surface area contributed by atoms with E-state index in [0.717, 1.165) is 25.9 Å². The Morgan fingerprint density at radius 2 is 2.06 bits per heavy atom. The van der Waals surface area contributed by atoms with Crippen molar-refractivity contribution in [3.63, 3.8) is 0 Å². The summed E-state index contributed by atoms with van der Waals surface area (Å²) in [6.45, 7) is 4.46. The molecule has 2 aliphatic rings. The summed E-state index contributed by atoms with van der Waals surface area (Å²) in [5.41, 5.74) is 0. The SMILES string of the molecule is CCC1CCN(C(=O)CC2CNC2)C(C(=O)O)C1. The topological polar surface area (TPSA) is 69.6 Å². The number of carboxylic acid groups (broad SMARTS) is 1. The van der Waals surface area contributed by atoms with Gasteiger partial charge in [0.1, 0.15) is 6.04 Å². The number of hydrogen-bond acceptors (Lipinski definition) is 3. The standard InChI is InChI=1S/C13H22N2O3/c1-2-9-3-4-15(11(5-9)13(17)18)12(16)6-10-7-14-8-10/h9-11,14H,2-8H2,1H3,(H,17,18). The van der Waals surface area contributed by atoms with E-state index in [-0.39, 0.29) is 5.91 Å². The van der Waals surface area contributed by atoms with E-state index in [1.54, 1.807) is 4.90 Å². The Labute approximate surface area is 108 Å². The normalized spacial score (nSPS) is 28.8. The highest BCUT2D eigenvalue weighted by atomic mass is 16.4. The number of carbonyl (C=O) groups is 2. The molecule has 18 heavy (non-hydrogen) atoms. The average Bonchev–Trinajstić information content (AvgIpc) is 2.32. The average molecular weight is 254 g/mol. The fraction of sp³-hybridized carbons (Fsp3) is 0.846. The van der Waals surface area contributed by atoms with Gasteiger partial charge in [-0.15, -0.1) is 0 Å². The lowest BCUT2D eigenvalue weighted by molar-refractivity contribution is -0.153. The van der Waals surface area contributed by atoms with Crippen LogP contribution in [0, 0.1) is 11.8 Å². The van der Waals surface area contributed by atoms with Crippen LogP contribution in [0.1, 0.15) is 32.6 Å². The number of rotatable bonds is 4. The van der Waals surface area contributed by atoms with Gasteiger partial charge in [-0.1, -0.05) is 13.3 Å². The minimum atomic E-state index is -0.853. The minimum absolute atomic E-state index is 0.0171. The van der Waals surface area contributed by atoms with E-state index < -0.39 is 12.0 Å². The molecule has 2 atom stereocenters. The predicted molar refractivity (Wildman–Crippen MR) is 67.1 cm³/mol. The molecule has 102 valence electrons. The molecule has 2 fully saturated rings.